The Morgan fingerprint density at radius 1 is 1.32 bits per heavy atom. The zero-order chi connectivity index (χ0) is 24.7. The summed E-state index contributed by atoms with van der Waals surface area (Å²) >= 11 is 3.23. The number of aromatic nitrogens is 4. The van der Waals surface area contributed by atoms with Gasteiger partial charge in [-0.15, -0.1) is 23.1 Å². The standard InChI is InChI=1S/C17H15N7O7S3/c1-23-17(21-11(27)12(28)22-23)34-3-5-2-32-14-7(13(29)24(14)8(5)15(30)31)20-10(26)9(25)6-4-33-16(18)19-6/h4,7,14H,2-3H2,1H3,(H2,18,19)(H,20,26)(H,22,28)(H,30,31)/t7-,14-/m1/s1. The van der Waals surface area contributed by atoms with Gasteiger partial charge in [-0.1, -0.05) is 11.8 Å². The number of fused-ring (bicyclic) bond motifs is 1. The van der Waals surface area contributed by atoms with Crippen molar-refractivity contribution in [1.29, 1.82) is 0 Å². The van der Waals surface area contributed by atoms with Gasteiger partial charge in [0.2, 0.25) is 0 Å². The molecule has 1 fully saturated rings. The number of thioether (sulfide) groups is 2. The number of aryl methyl sites for hydroxylation is 1. The molecule has 2 atom stereocenters. The van der Waals surface area contributed by atoms with E-state index < -0.39 is 46.1 Å². The highest BCUT2D eigenvalue weighted by molar-refractivity contribution is 8.01. The lowest BCUT2D eigenvalue weighted by molar-refractivity contribution is -0.150. The molecule has 0 spiro atoms. The van der Waals surface area contributed by atoms with E-state index in [1.54, 1.807) is 0 Å². The Bertz CT molecular complexity index is 1380. The number of carboxylic acid groups (broad SMARTS) is 1. The van der Waals surface area contributed by atoms with Gasteiger partial charge in [0.1, 0.15) is 22.8 Å². The molecule has 0 aromatic carbocycles. The number of aromatic amines is 1. The van der Waals surface area contributed by atoms with Gasteiger partial charge >= 0.3 is 17.1 Å². The third kappa shape index (κ3) is 4.24. The summed E-state index contributed by atoms with van der Waals surface area (Å²) in [5, 5.41) is 15.3. The van der Waals surface area contributed by atoms with Crippen molar-refractivity contribution in [1.82, 2.24) is 30.0 Å². The zero-order valence-electron chi connectivity index (χ0n) is 17.1. The molecule has 17 heteroatoms. The minimum absolute atomic E-state index is 0.0816. The molecule has 2 aromatic heterocycles. The first-order valence-electron chi connectivity index (χ1n) is 9.34. The SMILES string of the molecule is Cn1[nH]c(=O)c(=O)nc1SCC1=C(C(=O)O)N2C(=O)[C@@H](NC(=O)C(=O)c3csc(N)n3)[C@H]2SC1. The zero-order valence-corrected chi connectivity index (χ0v) is 19.6. The fraction of sp³-hybridized carbons (Fsp3) is 0.294. The number of H-pyrrole nitrogens is 1. The number of β-lactam (4-membered cyclic amide) rings is 1. The fourth-order valence-electron chi connectivity index (χ4n) is 3.25. The molecule has 5 N–H and O–H groups in total. The van der Waals surface area contributed by atoms with Gasteiger partial charge in [0.15, 0.2) is 10.3 Å². The van der Waals surface area contributed by atoms with Crippen molar-refractivity contribution in [2.24, 2.45) is 7.05 Å². The van der Waals surface area contributed by atoms with E-state index in [0.29, 0.717) is 5.57 Å². The smallest absolute Gasteiger partial charge is 0.352 e. The summed E-state index contributed by atoms with van der Waals surface area (Å²) < 4.78 is 1.24. The summed E-state index contributed by atoms with van der Waals surface area (Å²) in [4.78, 5) is 80.5. The highest BCUT2D eigenvalue weighted by Gasteiger charge is 2.54. The number of Topliss-reactive ketones (excluding diaryl/α,β-unsaturated/α-hetero) is 1. The van der Waals surface area contributed by atoms with E-state index in [9.17, 15) is 33.9 Å². The van der Waals surface area contributed by atoms with Gasteiger partial charge in [0, 0.05) is 23.9 Å². The number of rotatable bonds is 7. The van der Waals surface area contributed by atoms with E-state index >= 15 is 0 Å². The van der Waals surface area contributed by atoms with E-state index in [2.05, 4.69) is 20.4 Å². The van der Waals surface area contributed by atoms with Gasteiger partial charge < -0.3 is 16.2 Å². The van der Waals surface area contributed by atoms with Crippen LogP contribution in [-0.4, -0.2) is 76.2 Å². The molecule has 178 valence electrons. The second-order valence-corrected chi connectivity index (χ2v) is 9.94. The van der Waals surface area contributed by atoms with Gasteiger partial charge in [-0.05, 0) is 5.57 Å². The van der Waals surface area contributed by atoms with Crippen LogP contribution < -0.4 is 22.2 Å². The van der Waals surface area contributed by atoms with Crippen molar-refractivity contribution in [3.8, 4) is 0 Å². The van der Waals surface area contributed by atoms with E-state index in [1.807, 2.05) is 0 Å². The number of nitrogens with one attached hydrogen (secondary N) is 2. The molecule has 34 heavy (non-hydrogen) atoms. The summed E-state index contributed by atoms with van der Waals surface area (Å²) in [6.45, 7) is 0. The van der Waals surface area contributed by atoms with Gasteiger partial charge in [0.25, 0.3) is 17.6 Å². The van der Waals surface area contributed by atoms with Crippen LogP contribution in [0.1, 0.15) is 10.5 Å². The Kier molecular flexibility index (Phi) is 6.32. The van der Waals surface area contributed by atoms with Gasteiger partial charge in [-0.25, -0.2) is 9.78 Å². The molecule has 2 aliphatic rings. The lowest BCUT2D eigenvalue weighted by Crippen LogP contribution is -2.71. The molecular formula is C17H15N7O7S3. The first kappa shape index (κ1) is 23.7. The van der Waals surface area contributed by atoms with Crippen LogP contribution in [0.3, 0.4) is 0 Å². The van der Waals surface area contributed by atoms with Crippen LogP contribution in [0.4, 0.5) is 5.13 Å². The number of aliphatic carboxylic acids is 1. The second-order valence-electron chi connectivity index (χ2n) is 7.01. The summed E-state index contributed by atoms with van der Waals surface area (Å²) in [6, 6.07) is -1.08. The molecule has 0 radical (unpaired) electrons. The fourth-order valence-corrected chi connectivity index (χ4v) is 6.20. The maximum absolute atomic E-state index is 12.7. The molecule has 0 bridgehead atoms. The van der Waals surface area contributed by atoms with Crippen LogP contribution in [0.2, 0.25) is 0 Å². The molecule has 14 nitrogen and oxygen atoms in total. The molecule has 0 saturated carbocycles. The second kappa shape index (κ2) is 9.07. The van der Waals surface area contributed by atoms with Crippen LogP contribution in [-0.2, 0) is 21.4 Å². The average molecular weight is 526 g/mol. The molecule has 0 unspecified atom stereocenters. The Morgan fingerprint density at radius 2 is 2.06 bits per heavy atom. The summed E-state index contributed by atoms with van der Waals surface area (Å²) in [5.41, 5.74) is 3.62. The predicted octanol–water partition coefficient (Wildman–Crippen LogP) is -1.78. The normalized spacial score (nSPS) is 19.4. The molecular weight excluding hydrogens is 510 g/mol. The minimum Gasteiger partial charge on any atom is -0.477 e. The van der Waals surface area contributed by atoms with E-state index in [1.165, 1.54) is 28.9 Å². The molecule has 1 saturated heterocycles. The number of hydrogen-bond donors (Lipinski definition) is 4. The van der Waals surface area contributed by atoms with Crippen LogP contribution in [0, 0.1) is 0 Å². The molecule has 4 rings (SSSR count). The van der Waals surface area contributed by atoms with E-state index in [4.69, 9.17) is 5.73 Å². The van der Waals surface area contributed by atoms with Crippen molar-refractivity contribution in [3.63, 3.8) is 0 Å². The number of ketones is 1. The predicted molar refractivity (Wildman–Crippen MR) is 121 cm³/mol. The Morgan fingerprint density at radius 3 is 2.71 bits per heavy atom. The van der Waals surface area contributed by atoms with Crippen LogP contribution in [0.5, 0.6) is 0 Å². The third-order valence-corrected chi connectivity index (χ3v) is 7.95. The van der Waals surface area contributed by atoms with Gasteiger partial charge in [-0.2, -0.15) is 4.98 Å². The van der Waals surface area contributed by atoms with E-state index in [-0.39, 0.29) is 33.2 Å². The maximum Gasteiger partial charge on any atom is 0.352 e. The van der Waals surface area contributed by atoms with Crippen molar-refractivity contribution in [3.05, 3.63) is 43.1 Å². The Labute approximate surface area is 201 Å². The number of hydrogen-bond acceptors (Lipinski definition) is 12. The number of amides is 2. The Balaban J connectivity index is 1.49. The maximum atomic E-state index is 12.7. The van der Waals surface area contributed by atoms with Crippen molar-refractivity contribution in [2.75, 3.05) is 17.2 Å². The highest BCUT2D eigenvalue weighted by Crippen LogP contribution is 2.41. The van der Waals surface area contributed by atoms with Crippen molar-refractivity contribution >= 4 is 63.6 Å². The number of thiazole rings is 1. The molecule has 4 heterocycles. The summed E-state index contributed by atoms with van der Waals surface area (Å²) in [5.74, 6) is -3.72. The monoisotopic (exact) mass is 525 g/mol. The number of nitrogens with two attached hydrogens (primary N) is 1. The van der Waals surface area contributed by atoms with Gasteiger partial charge in [0.05, 0.1) is 0 Å². The molecule has 2 aromatic rings. The summed E-state index contributed by atoms with van der Waals surface area (Å²) in [7, 11) is 1.47. The lowest BCUT2D eigenvalue weighted by atomic mass is 10.0. The number of carbonyl (C=O) groups excluding carboxylic acids is 3. The highest BCUT2D eigenvalue weighted by atomic mass is 32.2. The topological polar surface area (TPSA) is 210 Å². The third-order valence-electron chi connectivity index (χ3n) is 4.82. The lowest BCUT2D eigenvalue weighted by Gasteiger charge is -2.49. The number of carboxylic acids is 1. The first-order valence-corrected chi connectivity index (χ1v) is 12.3. The number of carbonyl (C=O) groups is 4. The van der Waals surface area contributed by atoms with Crippen LogP contribution >= 0.6 is 34.9 Å². The minimum atomic E-state index is -1.34. The van der Waals surface area contributed by atoms with E-state index in [0.717, 1.165) is 28.0 Å². The molecule has 0 aliphatic carbocycles. The average Bonchev–Trinajstić information content (AvgIpc) is 3.23. The van der Waals surface area contributed by atoms with Crippen molar-refractivity contribution in [2.45, 2.75) is 16.6 Å². The summed E-state index contributed by atoms with van der Waals surface area (Å²) in [6.07, 6.45) is 0. The first-order chi connectivity index (χ1) is 16.1. The van der Waals surface area contributed by atoms with Crippen LogP contribution in [0.25, 0.3) is 0 Å². The largest absolute Gasteiger partial charge is 0.477 e. The number of nitrogens with zero attached hydrogens (tertiary/aromatic N) is 4. The van der Waals surface area contributed by atoms with Crippen molar-refractivity contribution < 1.29 is 24.3 Å². The number of anilines is 1. The quantitative estimate of drug-likeness (QED) is 0.137. The molecule has 2 aliphatic heterocycles. The molecule has 2 amide bonds. The van der Waals surface area contributed by atoms with Gasteiger partial charge in [-0.3, -0.25) is 38.7 Å². The Hall–Kier alpha value is -3.44. The number of nitrogen functional groups attached to an aromatic ring is 1. The van der Waals surface area contributed by atoms with Crippen LogP contribution in [0.15, 0.2) is 31.4 Å².